The highest BCUT2D eigenvalue weighted by molar-refractivity contribution is 7.20. The number of thiophene rings is 1. The van der Waals surface area contributed by atoms with Crippen LogP contribution in [0.2, 0.25) is 0 Å². The van der Waals surface area contributed by atoms with E-state index in [1.807, 2.05) is 0 Å². The zero-order chi connectivity index (χ0) is 21.1. The van der Waals surface area contributed by atoms with Gasteiger partial charge in [-0.15, -0.1) is 11.3 Å². The van der Waals surface area contributed by atoms with Gasteiger partial charge in [0, 0.05) is 6.54 Å². The van der Waals surface area contributed by atoms with Gasteiger partial charge in [-0.25, -0.2) is 9.59 Å². The Balaban J connectivity index is 1.62. The molecule has 6 nitrogen and oxygen atoms in total. The summed E-state index contributed by atoms with van der Waals surface area (Å²) >= 11 is 1.01. The highest BCUT2D eigenvalue weighted by Gasteiger charge is 2.19. The third kappa shape index (κ3) is 7.46. The number of aromatic nitrogens is 1. The largest absolute Gasteiger partial charge is 0.477 e. The molecule has 2 heterocycles. The van der Waals surface area contributed by atoms with Gasteiger partial charge >= 0.3 is 11.6 Å². The van der Waals surface area contributed by atoms with Crippen molar-refractivity contribution in [3.05, 3.63) is 20.9 Å². The van der Waals surface area contributed by atoms with E-state index in [9.17, 15) is 14.7 Å². The predicted octanol–water partition coefficient (Wildman–Crippen LogP) is 6.37. The first-order valence-electron chi connectivity index (χ1n) is 11.0. The Labute approximate surface area is 176 Å². The van der Waals surface area contributed by atoms with Crippen LogP contribution in [0, 0.1) is 6.92 Å². The summed E-state index contributed by atoms with van der Waals surface area (Å²) in [5.74, 6) is -1.05. The fourth-order valence-corrected chi connectivity index (χ4v) is 4.52. The molecule has 0 aliphatic carbocycles. The number of aromatic carboxylic acids is 1. The number of carbonyl (C=O) groups is 1. The molecule has 0 bridgehead atoms. The summed E-state index contributed by atoms with van der Waals surface area (Å²) in [4.78, 5) is 28.2. The van der Waals surface area contributed by atoms with Gasteiger partial charge in [-0.2, -0.15) is 4.98 Å². The Morgan fingerprint density at radius 3 is 2.10 bits per heavy atom. The number of carboxylic acid groups (broad SMARTS) is 1. The van der Waals surface area contributed by atoms with Crippen molar-refractivity contribution in [1.29, 1.82) is 0 Å². The van der Waals surface area contributed by atoms with E-state index in [-0.39, 0.29) is 16.3 Å². The van der Waals surface area contributed by atoms with Gasteiger partial charge in [0.05, 0.1) is 0 Å². The molecule has 0 aromatic carbocycles. The lowest BCUT2D eigenvalue weighted by atomic mass is 10.1. The van der Waals surface area contributed by atoms with Gasteiger partial charge < -0.3 is 14.8 Å². The fourth-order valence-electron chi connectivity index (χ4n) is 3.51. The first-order chi connectivity index (χ1) is 14.0. The number of anilines is 1. The van der Waals surface area contributed by atoms with E-state index in [0.29, 0.717) is 16.9 Å². The molecule has 2 N–H and O–H groups in total. The highest BCUT2D eigenvalue weighted by atomic mass is 32.1. The normalized spacial score (nSPS) is 11.2. The van der Waals surface area contributed by atoms with E-state index in [1.165, 1.54) is 64.2 Å². The zero-order valence-electron chi connectivity index (χ0n) is 17.7. The average molecular weight is 423 g/mol. The SMILES string of the molecule is CCCCCCCCCCCCCCNc1nc2sc(C(=O)O)c(C)c2c(=O)o1. The molecule has 2 aromatic heterocycles. The molecule has 0 aliphatic heterocycles. The third-order valence-electron chi connectivity index (χ3n) is 5.23. The van der Waals surface area contributed by atoms with Crippen LogP contribution in [-0.4, -0.2) is 22.6 Å². The molecule has 0 amide bonds. The van der Waals surface area contributed by atoms with Gasteiger partial charge in [0.25, 0.3) is 6.01 Å². The van der Waals surface area contributed by atoms with Gasteiger partial charge in [0.15, 0.2) is 0 Å². The van der Waals surface area contributed by atoms with Gasteiger partial charge in [0.2, 0.25) is 0 Å². The molecule has 0 atom stereocenters. The molecular weight excluding hydrogens is 388 g/mol. The number of nitrogens with zero attached hydrogens (tertiary/aromatic N) is 1. The predicted molar refractivity (Wildman–Crippen MR) is 119 cm³/mol. The molecule has 2 aromatic rings. The summed E-state index contributed by atoms with van der Waals surface area (Å²) in [7, 11) is 0. The Hall–Kier alpha value is -1.89. The molecule has 0 spiro atoms. The lowest BCUT2D eigenvalue weighted by molar-refractivity contribution is 0.0701. The van der Waals surface area contributed by atoms with Crippen molar-refractivity contribution in [3.8, 4) is 0 Å². The monoisotopic (exact) mass is 422 g/mol. The Morgan fingerprint density at radius 2 is 1.55 bits per heavy atom. The second-order valence-corrected chi connectivity index (χ2v) is 8.66. The molecule has 0 aliphatic rings. The first-order valence-corrected chi connectivity index (χ1v) is 11.8. The molecule has 0 saturated carbocycles. The third-order valence-corrected chi connectivity index (χ3v) is 6.40. The molecule has 0 saturated heterocycles. The van der Waals surface area contributed by atoms with Crippen LogP contribution < -0.4 is 10.9 Å². The number of rotatable bonds is 15. The van der Waals surface area contributed by atoms with Crippen molar-refractivity contribution in [2.45, 2.75) is 90.9 Å². The van der Waals surface area contributed by atoms with E-state index >= 15 is 0 Å². The average Bonchev–Trinajstić information content (AvgIpc) is 3.02. The molecule has 162 valence electrons. The van der Waals surface area contributed by atoms with E-state index in [0.717, 1.165) is 24.2 Å². The molecule has 0 fully saturated rings. The van der Waals surface area contributed by atoms with E-state index in [2.05, 4.69) is 17.2 Å². The summed E-state index contributed by atoms with van der Waals surface area (Å²) in [5, 5.41) is 12.5. The summed E-state index contributed by atoms with van der Waals surface area (Å²) in [6, 6.07) is 0.170. The van der Waals surface area contributed by atoms with Crippen molar-refractivity contribution < 1.29 is 14.3 Å². The molecule has 2 rings (SSSR count). The topological polar surface area (TPSA) is 92.4 Å². The highest BCUT2D eigenvalue weighted by Crippen LogP contribution is 2.28. The van der Waals surface area contributed by atoms with Crippen LogP contribution in [0.15, 0.2) is 9.21 Å². The summed E-state index contributed by atoms with van der Waals surface area (Å²) in [5.41, 5.74) is -0.111. The number of aryl methyl sites for hydroxylation is 1. The lowest BCUT2D eigenvalue weighted by Gasteiger charge is -2.04. The van der Waals surface area contributed by atoms with E-state index in [1.54, 1.807) is 6.92 Å². The van der Waals surface area contributed by atoms with E-state index in [4.69, 9.17) is 4.42 Å². The van der Waals surface area contributed by atoms with Crippen LogP contribution >= 0.6 is 11.3 Å². The first kappa shape index (κ1) is 23.4. The van der Waals surface area contributed by atoms with E-state index < -0.39 is 11.6 Å². The van der Waals surface area contributed by atoms with Crippen molar-refractivity contribution in [1.82, 2.24) is 4.98 Å². The maximum Gasteiger partial charge on any atom is 0.349 e. The minimum atomic E-state index is -1.05. The molecule has 7 heteroatoms. The minimum absolute atomic E-state index is 0.137. The number of carboxylic acids is 1. The van der Waals surface area contributed by atoms with Gasteiger partial charge in [-0.1, -0.05) is 77.6 Å². The fraction of sp³-hybridized carbons (Fsp3) is 0.682. The quantitative estimate of drug-likeness (QED) is 0.324. The van der Waals surface area contributed by atoms with Crippen LogP contribution in [0.5, 0.6) is 0 Å². The number of nitrogens with one attached hydrogen (secondary N) is 1. The standard InChI is InChI=1S/C22H34N2O4S/c1-3-4-5-6-7-8-9-10-11-12-13-14-15-23-22-24-19-17(21(27)28-22)16(2)18(29-19)20(25)26/h3-15H2,1-2H3,(H,23,24)(H,25,26). The Morgan fingerprint density at radius 1 is 1.00 bits per heavy atom. The zero-order valence-corrected chi connectivity index (χ0v) is 18.5. The van der Waals surface area contributed by atoms with Gasteiger partial charge in [-0.05, 0) is 18.9 Å². The number of fused-ring (bicyclic) bond motifs is 1. The van der Waals surface area contributed by atoms with Crippen LogP contribution in [0.1, 0.15) is 99.2 Å². The van der Waals surface area contributed by atoms with Crippen LogP contribution in [-0.2, 0) is 0 Å². The van der Waals surface area contributed by atoms with Crippen molar-refractivity contribution >= 4 is 33.5 Å². The summed E-state index contributed by atoms with van der Waals surface area (Å²) in [6.07, 6.45) is 15.5. The minimum Gasteiger partial charge on any atom is -0.477 e. The maximum absolute atomic E-state index is 12.2. The number of hydrogen-bond donors (Lipinski definition) is 2. The van der Waals surface area contributed by atoms with Crippen LogP contribution in [0.25, 0.3) is 10.2 Å². The van der Waals surface area contributed by atoms with Crippen molar-refractivity contribution in [2.24, 2.45) is 0 Å². The maximum atomic E-state index is 12.2. The summed E-state index contributed by atoms with van der Waals surface area (Å²) < 4.78 is 5.21. The lowest BCUT2D eigenvalue weighted by Crippen LogP contribution is -2.08. The van der Waals surface area contributed by atoms with Crippen LogP contribution in [0.3, 0.4) is 0 Å². The Bertz CT molecular complexity index is 828. The smallest absolute Gasteiger partial charge is 0.349 e. The molecule has 29 heavy (non-hydrogen) atoms. The second-order valence-electron chi connectivity index (χ2n) is 7.66. The molecule has 0 unspecified atom stereocenters. The number of unbranched alkanes of at least 4 members (excludes halogenated alkanes) is 11. The summed E-state index contributed by atoms with van der Waals surface area (Å²) in [6.45, 7) is 4.55. The second kappa shape index (κ2) is 12.6. The van der Waals surface area contributed by atoms with Crippen molar-refractivity contribution in [2.75, 3.05) is 11.9 Å². The van der Waals surface area contributed by atoms with Crippen LogP contribution in [0.4, 0.5) is 6.01 Å². The molecule has 0 radical (unpaired) electrons. The number of hydrogen-bond acceptors (Lipinski definition) is 6. The molecular formula is C22H34N2O4S. The Kier molecular flexibility index (Phi) is 10.2. The van der Waals surface area contributed by atoms with Gasteiger partial charge in [0.1, 0.15) is 15.1 Å². The van der Waals surface area contributed by atoms with Gasteiger partial charge in [-0.3, -0.25) is 0 Å². The van der Waals surface area contributed by atoms with Crippen molar-refractivity contribution in [3.63, 3.8) is 0 Å².